The molecule has 16 heavy (non-hydrogen) atoms. The molecule has 0 aliphatic heterocycles. The Morgan fingerprint density at radius 2 is 2.19 bits per heavy atom. The maximum absolute atomic E-state index is 11.8. The van der Waals surface area contributed by atoms with Crippen LogP contribution in [0.25, 0.3) is 0 Å². The second-order valence-electron chi connectivity index (χ2n) is 3.68. The number of hydrogen-bond donors (Lipinski definition) is 2. The molecule has 0 aliphatic carbocycles. The summed E-state index contributed by atoms with van der Waals surface area (Å²) in [4.78, 5) is 23.4. The minimum absolute atomic E-state index is 0.154. The number of nitrogens with one attached hydrogen (secondary N) is 1. The molecule has 5 nitrogen and oxygen atoms in total. The van der Waals surface area contributed by atoms with E-state index in [0.717, 1.165) is 5.69 Å². The summed E-state index contributed by atoms with van der Waals surface area (Å²) in [5.41, 5.74) is 6.09. The van der Waals surface area contributed by atoms with Crippen molar-refractivity contribution in [1.82, 2.24) is 9.88 Å². The molecule has 0 aromatic carbocycles. The van der Waals surface area contributed by atoms with Gasteiger partial charge in [-0.3, -0.25) is 14.2 Å². The molecule has 1 atom stereocenters. The highest BCUT2D eigenvalue weighted by molar-refractivity contribution is 5.80. The molecule has 0 spiro atoms. The van der Waals surface area contributed by atoms with Gasteiger partial charge in [-0.25, -0.2) is 0 Å². The molecule has 0 radical (unpaired) electrons. The van der Waals surface area contributed by atoms with Crippen LogP contribution in [-0.2, 0) is 4.79 Å². The van der Waals surface area contributed by atoms with Gasteiger partial charge in [-0.2, -0.15) is 0 Å². The van der Waals surface area contributed by atoms with Crippen LogP contribution in [0.5, 0.6) is 0 Å². The Hall–Kier alpha value is -1.78. The number of nitrogens with zero attached hydrogens (tertiary/aromatic N) is 1. The van der Waals surface area contributed by atoms with Gasteiger partial charge in [0.15, 0.2) is 0 Å². The highest BCUT2D eigenvalue weighted by atomic mass is 16.2. The number of anilines is 1. The summed E-state index contributed by atoms with van der Waals surface area (Å²) in [6.07, 6.45) is 0. The summed E-state index contributed by atoms with van der Waals surface area (Å²) in [5, 5.41) is 2.68. The first-order valence-corrected chi connectivity index (χ1v) is 5.24. The van der Waals surface area contributed by atoms with Crippen molar-refractivity contribution in [2.24, 2.45) is 0 Å². The van der Waals surface area contributed by atoms with Crippen molar-refractivity contribution in [3.8, 4) is 0 Å². The van der Waals surface area contributed by atoms with Gasteiger partial charge in [0, 0.05) is 12.2 Å². The lowest BCUT2D eigenvalue weighted by Crippen LogP contribution is -2.37. The Labute approximate surface area is 94.3 Å². The van der Waals surface area contributed by atoms with E-state index >= 15 is 0 Å². The molecule has 1 amide bonds. The van der Waals surface area contributed by atoms with Gasteiger partial charge in [-0.05, 0) is 32.9 Å². The molecule has 0 saturated heterocycles. The normalized spacial score (nSPS) is 12.2. The maximum Gasteiger partial charge on any atom is 0.274 e. The molecular formula is C11H17N3O2. The van der Waals surface area contributed by atoms with Gasteiger partial charge >= 0.3 is 0 Å². The number of likely N-dealkylation sites (N-methyl/N-ethyl adjacent to an activating group) is 1. The monoisotopic (exact) mass is 223 g/mol. The van der Waals surface area contributed by atoms with Gasteiger partial charge in [0.1, 0.15) is 6.04 Å². The standard InChI is InChI=1S/C11H17N3O2/c1-4-13-10(15)8(3)14-7(2)5-6-9(12)11(14)16/h5-6,8H,4,12H2,1-3H3,(H,13,15)/t8-/m0/s1. The fraction of sp³-hybridized carbons (Fsp3) is 0.455. The number of pyridine rings is 1. The number of carbonyl (C=O) groups excluding carboxylic acids is 1. The third kappa shape index (κ3) is 2.24. The van der Waals surface area contributed by atoms with Crippen LogP contribution in [0.2, 0.25) is 0 Å². The van der Waals surface area contributed by atoms with Crippen molar-refractivity contribution in [1.29, 1.82) is 0 Å². The van der Waals surface area contributed by atoms with E-state index in [9.17, 15) is 9.59 Å². The van der Waals surface area contributed by atoms with Gasteiger partial charge in [0.25, 0.3) is 5.56 Å². The first kappa shape index (κ1) is 12.3. The largest absolute Gasteiger partial charge is 0.394 e. The van der Waals surface area contributed by atoms with Crippen molar-refractivity contribution < 1.29 is 4.79 Å². The number of rotatable bonds is 3. The molecule has 0 bridgehead atoms. The predicted octanol–water partition coefficient (Wildman–Crippen LogP) is 0.436. The second-order valence-corrected chi connectivity index (χ2v) is 3.68. The van der Waals surface area contributed by atoms with Gasteiger partial charge in [0.05, 0.1) is 5.69 Å². The summed E-state index contributed by atoms with van der Waals surface area (Å²) in [6, 6.07) is 2.74. The van der Waals surface area contributed by atoms with Crippen LogP contribution in [0, 0.1) is 6.92 Å². The topological polar surface area (TPSA) is 77.1 Å². The summed E-state index contributed by atoms with van der Waals surface area (Å²) in [6.45, 7) is 5.83. The Morgan fingerprint density at radius 3 is 2.75 bits per heavy atom. The lowest BCUT2D eigenvalue weighted by molar-refractivity contribution is -0.123. The molecule has 1 heterocycles. The smallest absolute Gasteiger partial charge is 0.274 e. The maximum atomic E-state index is 11.8. The predicted molar refractivity (Wildman–Crippen MR) is 63.2 cm³/mol. The summed E-state index contributed by atoms with van der Waals surface area (Å²) in [5.74, 6) is -0.182. The highest BCUT2D eigenvalue weighted by Gasteiger charge is 2.17. The number of aryl methyl sites for hydroxylation is 1. The molecule has 1 aromatic heterocycles. The van der Waals surface area contributed by atoms with E-state index in [4.69, 9.17) is 5.73 Å². The van der Waals surface area contributed by atoms with Crippen molar-refractivity contribution in [2.45, 2.75) is 26.8 Å². The molecule has 0 fully saturated rings. The third-order valence-electron chi connectivity index (χ3n) is 2.47. The Balaban J connectivity index is 3.18. The zero-order chi connectivity index (χ0) is 12.3. The average molecular weight is 223 g/mol. The zero-order valence-electron chi connectivity index (χ0n) is 9.78. The van der Waals surface area contributed by atoms with Crippen LogP contribution in [0.1, 0.15) is 25.6 Å². The molecule has 0 saturated carbocycles. The fourth-order valence-corrected chi connectivity index (χ4v) is 1.58. The van der Waals surface area contributed by atoms with Crippen LogP contribution in [0.3, 0.4) is 0 Å². The molecular weight excluding hydrogens is 206 g/mol. The number of nitrogens with two attached hydrogens (primary N) is 1. The molecule has 0 unspecified atom stereocenters. The third-order valence-corrected chi connectivity index (χ3v) is 2.47. The Morgan fingerprint density at radius 1 is 1.56 bits per heavy atom. The minimum atomic E-state index is -0.545. The minimum Gasteiger partial charge on any atom is -0.394 e. The van der Waals surface area contributed by atoms with Crippen LogP contribution in [-0.4, -0.2) is 17.0 Å². The van der Waals surface area contributed by atoms with Gasteiger partial charge in [-0.15, -0.1) is 0 Å². The van der Waals surface area contributed by atoms with E-state index < -0.39 is 6.04 Å². The lowest BCUT2D eigenvalue weighted by Gasteiger charge is -2.17. The second kappa shape index (κ2) is 4.83. The average Bonchev–Trinajstić information content (AvgIpc) is 2.24. The van der Waals surface area contributed by atoms with E-state index in [0.29, 0.717) is 6.54 Å². The van der Waals surface area contributed by atoms with E-state index in [1.54, 1.807) is 26.0 Å². The first-order valence-electron chi connectivity index (χ1n) is 5.24. The van der Waals surface area contributed by atoms with Crippen LogP contribution < -0.4 is 16.6 Å². The van der Waals surface area contributed by atoms with Gasteiger partial charge < -0.3 is 11.1 Å². The molecule has 1 aromatic rings. The van der Waals surface area contributed by atoms with E-state index in [1.165, 1.54) is 4.57 Å². The molecule has 88 valence electrons. The number of hydrogen-bond acceptors (Lipinski definition) is 3. The van der Waals surface area contributed by atoms with E-state index in [2.05, 4.69) is 5.32 Å². The first-order chi connectivity index (χ1) is 7.49. The lowest BCUT2D eigenvalue weighted by atomic mass is 10.2. The number of aromatic nitrogens is 1. The number of carbonyl (C=O) groups is 1. The molecule has 1 rings (SSSR count). The van der Waals surface area contributed by atoms with Crippen LogP contribution in [0.15, 0.2) is 16.9 Å². The van der Waals surface area contributed by atoms with E-state index in [-0.39, 0.29) is 17.2 Å². The SMILES string of the molecule is CCNC(=O)[C@H](C)n1c(C)ccc(N)c1=O. The van der Waals surface area contributed by atoms with Crippen molar-refractivity contribution >= 4 is 11.6 Å². The summed E-state index contributed by atoms with van der Waals surface area (Å²) in [7, 11) is 0. The number of amides is 1. The quantitative estimate of drug-likeness (QED) is 0.780. The highest BCUT2D eigenvalue weighted by Crippen LogP contribution is 2.08. The molecule has 0 aliphatic rings. The molecule has 3 N–H and O–H groups in total. The van der Waals surface area contributed by atoms with Crippen molar-refractivity contribution in [2.75, 3.05) is 12.3 Å². The van der Waals surface area contributed by atoms with Gasteiger partial charge in [0.2, 0.25) is 5.91 Å². The Kier molecular flexibility index (Phi) is 3.71. The van der Waals surface area contributed by atoms with Crippen molar-refractivity contribution in [3.05, 3.63) is 28.2 Å². The Bertz CT molecular complexity index is 451. The van der Waals surface area contributed by atoms with E-state index in [1.807, 2.05) is 6.92 Å². The summed E-state index contributed by atoms with van der Waals surface area (Å²) >= 11 is 0. The van der Waals surface area contributed by atoms with Crippen molar-refractivity contribution in [3.63, 3.8) is 0 Å². The summed E-state index contributed by atoms with van der Waals surface area (Å²) < 4.78 is 1.40. The van der Waals surface area contributed by atoms with Gasteiger partial charge in [-0.1, -0.05) is 0 Å². The molecule has 5 heteroatoms. The number of nitrogen functional groups attached to an aromatic ring is 1. The fourth-order valence-electron chi connectivity index (χ4n) is 1.58. The van der Waals surface area contributed by atoms with Crippen LogP contribution >= 0.6 is 0 Å². The van der Waals surface area contributed by atoms with Crippen LogP contribution in [0.4, 0.5) is 5.69 Å². The zero-order valence-corrected chi connectivity index (χ0v) is 9.78.